The van der Waals surface area contributed by atoms with Crippen molar-refractivity contribution in [2.45, 2.75) is 12.8 Å². The SMILES string of the molecule is O=C(CCc1ccncc1)Nc1ccccn1. The Hall–Kier alpha value is -2.23. The van der Waals surface area contributed by atoms with Gasteiger partial charge in [0.1, 0.15) is 5.82 Å². The van der Waals surface area contributed by atoms with Gasteiger partial charge in [-0.3, -0.25) is 9.78 Å². The Morgan fingerprint density at radius 1 is 1.12 bits per heavy atom. The fraction of sp³-hybridized carbons (Fsp3) is 0.154. The largest absolute Gasteiger partial charge is 0.311 e. The molecule has 0 saturated carbocycles. The zero-order valence-electron chi connectivity index (χ0n) is 9.34. The van der Waals surface area contributed by atoms with Crippen molar-refractivity contribution in [3.63, 3.8) is 0 Å². The van der Waals surface area contributed by atoms with Crippen molar-refractivity contribution < 1.29 is 4.79 Å². The molecule has 0 aliphatic carbocycles. The van der Waals surface area contributed by atoms with Crippen molar-refractivity contribution in [3.05, 3.63) is 54.5 Å². The molecule has 1 N–H and O–H groups in total. The summed E-state index contributed by atoms with van der Waals surface area (Å²) in [4.78, 5) is 19.6. The zero-order valence-corrected chi connectivity index (χ0v) is 9.34. The van der Waals surface area contributed by atoms with Crippen LogP contribution in [0.3, 0.4) is 0 Å². The van der Waals surface area contributed by atoms with Crippen molar-refractivity contribution >= 4 is 11.7 Å². The minimum Gasteiger partial charge on any atom is -0.311 e. The molecule has 4 nitrogen and oxygen atoms in total. The van der Waals surface area contributed by atoms with Crippen LogP contribution in [0.5, 0.6) is 0 Å². The number of aromatic nitrogens is 2. The van der Waals surface area contributed by atoms with E-state index in [1.807, 2.05) is 24.3 Å². The van der Waals surface area contributed by atoms with Crippen molar-refractivity contribution in [1.82, 2.24) is 9.97 Å². The monoisotopic (exact) mass is 227 g/mol. The van der Waals surface area contributed by atoms with Gasteiger partial charge in [0.15, 0.2) is 0 Å². The number of nitrogens with one attached hydrogen (secondary N) is 1. The van der Waals surface area contributed by atoms with Gasteiger partial charge in [0.2, 0.25) is 5.91 Å². The first-order valence-corrected chi connectivity index (χ1v) is 5.44. The Morgan fingerprint density at radius 2 is 1.94 bits per heavy atom. The number of rotatable bonds is 4. The van der Waals surface area contributed by atoms with Gasteiger partial charge in [-0.05, 0) is 36.2 Å². The van der Waals surface area contributed by atoms with Gasteiger partial charge in [0.05, 0.1) is 0 Å². The quantitative estimate of drug-likeness (QED) is 0.869. The Morgan fingerprint density at radius 3 is 2.65 bits per heavy atom. The minimum absolute atomic E-state index is 0.0273. The summed E-state index contributed by atoms with van der Waals surface area (Å²) in [5.41, 5.74) is 1.11. The van der Waals surface area contributed by atoms with E-state index in [0.717, 1.165) is 5.56 Å². The number of aryl methyl sites for hydroxylation is 1. The van der Waals surface area contributed by atoms with E-state index >= 15 is 0 Å². The van der Waals surface area contributed by atoms with Gasteiger partial charge in [-0.15, -0.1) is 0 Å². The first-order valence-electron chi connectivity index (χ1n) is 5.44. The summed E-state index contributed by atoms with van der Waals surface area (Å²) in [6.45, 7) is 0. The van der Waals surface area contributed by atoms with E-state index in [1.54, 1.807) is 24.7 Å². The van der Waals surface area contributed by atoms with Crippen LogP contribution in [0.1, 0.15) is 12.0 Å². The minimum atomic E-state index is -0.0273. The molecule has 0 atom stereocenters. The Bertz CT molecular complexity index is 471. The van der Waals surface area contributed by atoms with E-state index in [0.29, 0.717) is 18.7 Å². The van der Waals surface area contributed by atoms with E-state index in [4.69, 9.17) is 0 Å². The summed E-state index contributed by atoms with van der Waals surface area (Å²) < 4.78 is 0. The third kappa shape index (κ3) is 3.68. The highest BCUT2D eigenvalue weighted by Crippen LogP contribution is 2.04. The maximum atomic E-state index is 11.6. The molecule has 4 heteroatoms. The van der Waals surface area contributed by atoms with Gasteiger partial charge in [-0.1, -0.05) is 6.07 Å². The molecular weight excluding hydrogens is 214 g/mol. The lowest BCUT2D eigenvalue weighted by Gasteiger charge is -2.03. The summed E-state index contributed by atoms with van der Waals surface area (Å²) in [6, 6.07) is 9.24. The molecule has 0 bridgehead atoms. The molecule has 0 radical (unpaired) electrons. The van der Waals surface area contributed by atoms with Crippen LogP contribution in [0.2, 0.25) is 0 Å². The number of pyridine rings is 2. The maximum Gasteiger partial charge on any atom is 0.225 e. The van der Waals surface area contributed by atoms with Gasteiger partial charge < -0.3 is 5.32 Å². The molecule has 0 aliphatic rings. The molecule has 0 aliphatic heterocycles. The second-order valence-electron chi connectivity index (χ2n) is 3.62. The molecular formula is C13H13N3O. The highest BCUT2D eigenvalue weighted by atomic mass is 16.1. The van der Waals surface area contributed by atoms with Gasteiger partial charge >= 0.3 is 0 Å². The molecule has 0 saturated heterocycles. The van der Waals surface area contributed by atoms with E-state index in [9.17, 15) is 4.79 Å². The Balaban J connectivity index is 1.83. The fourth-order valence-electron chi connectivity index (χ4n) is 1.45. The van der Waals surface area contributed by atoms with Gasteiger partial charge in [0, 0.05) is 25.0 Å². The van der Waals surface area contributed by atoms with Crippen LogP contribution in [-0.2, 0) is 11.2 Å². The number of nitrogens with zero attached hydrogens (tertiary/aromatic N) is 2. The summed E-state index contributed by atoms with van der Waals surface area (Å²) in [6.07, 6.45) is 6.26. The van der Waals surface area contributed by atoms with Gasteiger partial charge in [-0.25, -0.2) is 4.98 Å². The van der Waals surface area contributed by atoms with Crippen molar-refractivity contribution in [2.75, 3.05) is 5.32 Å². The highest BCUT2D eigenvalue weighted by molar-refractivity contribution is 5.89. The van der Waals surface area contributed by atoms with E-state index in [2.05, 4.69) is 15.3 Å². The molecule has 0 fully saturated rings. The molecule has 17 heavy (non-hydrogen) atoms. The molecule has 0 spiro atoms. The Kier molecular flexibility index (Phi) is 3.81. The lowest BCUT2D eigenvalue weighted by molar-refractivity contribution is -0.116. The molecule has 1 amide bonds. The lowest BCUT2D eigenvalue weighted by atomic mass is 10.1. The summed E-state index contributed by atoms with van der Waals surface area (Å²) in [5, 5.41) is 2.75. The summed E-state index contributed by atoms with van der Waals surface area (Å²) >= 11 is 0. The van der Waals surface area contributed by atoms with Crippen LogP contribution in [-0.4, -0.2) is 15.9 Å². The molecule has 0 aromatic carbocycles. The predicted molar refractivity (Wildman–Crippen MR) is 65.4 cm³/mol. The number of amides is 1. The van der Waals surface area contributed by atoms with Gasteiger partial charge in [0.25, 0.3) is 0 Å². The van der Waals surface area contributed by atoms with E-state index in [1.165, 1.54) is 0 Å². The van der Waals surface area contributed by atoms with Crippen molar-refractivity contribution in [2.24, 2.45) is 0 Å². The van der Waals surface area contributed by atoms with Crippen LogP contribution in [0.15, 0.2) is 48.9 Å². The fourth-order valence-corrected chi connectivity index (χ4v) is 1.45. The molecule has 2 aromatic rings. The zero-order chi connectivity index (χ0) is 11.9. The number of carbonyl (C=O) groups excluding carboxylic acids is 1. The first-order chi connectivity index (χ1) is 8.34. The summed E-state index contributed by atoms with van der Waals surface area (Å²) in [7, 11) is 0. The standard InChI is InChI=1S/C13H13N3O/c17-13(16-12-3-1-2-8-15-12)5-4-11-6-9-14-10-7-11/h1-3,6-10H,4-5H2,(H,15,16,17). The van der Waals surface area contributed by atoms with Crippen molar-refractivity contribution in [1.29, 1.82) is 0 Å². The maximum absolute atomic E-state index is 11.6. The molecule has 86 valence electrons. The summed E-state index contributed by atoms with van der Waals surface area (Å²) in [5.74, 6) is 0.563. The molecule has 2 heterocycles. The third-order valence-corrected chi connectivity index (χ3v) is 2.32. The average Bonchev–Trinajstić information content (AvgIpc) is 2.39. The lowest BCUT2D eigenvalue weighted by Crippen LogP contribution is -2.13. The number of hydrogen-bond acceptors (Lipinski definition) is 3. The average molecular weight is 227 g/mol. The Labute approximate surface area is 99.7 Å². The van der Waals surface area contributed by atoms with Crippen LogP contribution in [0.4, 0.5) is 5.82 Å². The second kappa shape index (κ2) is 5.75. The number of hydrogen-bond donors (Lipinski definition) is 1. The van der Waals surface area contributed by atoms with Crippen LogP contribution in [0, 0.1) is 0 Å². The second-order valence-corrected chi connectivity index (χ2v) is 3.62. The molecule has 2 rings (SSSR count). The van der Waals surface area contributed by atoms with Crippen LogP contribution >= 0.6 is 0 Å². The first kappa shape index (κ1) is 11.3. The van der Waals surface area contributed by atoms with Gasteiger partial charge in [-0.2, -0.15) is 0 Å². The predicted octanol–water partition coefficient (Wildman–Crippen LogP) is 2.05. The van der Waals surface area contributed by atoms with E-state index in [-0.39, 0.29) is 5.91 Å². The topological polar surface area (TPSA) is 54.9 Å². The van der Waals surface area contributed by atoms with E-state index < -0.39 is 0 Å². The molecule has 0 unspecified atom stereocenters. The third-order valence-electron chi connectivity index (χ3n) is 2.32. The van der Waals surface area contributed by atoms with Crippen molar-refractivity contribution in [3.8, 4) is 0 Å². The smallest absolute Gasteiger partial charge is 0.225 e. The highest BCUT2D eigenvalue weighted by Gasteiger charge is 2.03. The van der Waals surface area contributed by atoms with Crippen LogP contribution < -0.4 is 5.32 Å². The van der Waals surface area contributed by atoms with Crippen LogP contribution in [0.25, 0.3) is 0 Å². The number of anilines is 1. The molecule has 2 aromatic heterocycles. The number of carbonyl (C=O) groups is 1. The normalized spacial score (nSPS) is 9.88.